The van der Waals surface area contributed by atoms with Crippen LogP contribution in [0.25, 0.3) is 0 Å². The second-order valence-corrected chi connectivity index (χ2v) is 5.81. The molecule has 0 aliphatic carbocycles. The molecular formula is C14H20ClN3O2. The molecule has 110 valence electrons. The molecule has 0 spiro atoms. The molecule has 0 amide bonds. The fourth-order valence-electron chi connectivity index (χ4n) is 2.88. The quantitative estimate of drug-likeness (QED) is 0.838. The highest BCUT2D eigenvalue weighted by Gasteiger charge is 2.24. The Hall–Kier alpha value is -0.910. The van der Waals surface area contributed by atoms with Gasteiger partial charge in [0.15, 0.2) is 11.0 Å². The molecule has 3 rings (SSSR count). The maximum Gasteiger partial charge on any atom is 0.155 e. The summed E-state index contributed by atoms with van der Waals surface area (Å²) in [5, 5.41) is 8.95. The van der Waals surface area contributed by atoms with E-state index < -0.39 is 0 Å². The number of anilines is 1. The van der Waals surface area contributed by atoms with Gasteiger partial charge in [0.25, 0.3) is 0 Å². The summed E-state index contributed by atoms with van der Waals surface area (Å²) in [6.07, 6.45) is 2.01. The lowest BCUT2D eigenvalue weighted by Crippen LogP contribution is -2.44. The predicted octanol–water partition coefficient (Wildman–Crippen LogP) is 2.25. The van der Waals surface area contributed by atoms with Gasteiger partial charge in [-0.25, -0.2) is 0 Å². The van der Waals surface area contributed by atoms with Crippen LogP contribution in [0.4, 0.5) is 5.82 Å². The Morgan fingerprint density at radius 3 is 2.75 bits per heavy atom. The van der Waals surface area contributed by atoms with Crippen molar-refractivity contribution < 1.29 is 9.47 Å². The first kappa shape index (κ1) is 14.0. The molecule has 0 unspecified atom stereocenters. The SMILES string of the molecule is C[C@@H]1COCCN1c1cc(C2CCOCC2)c(Cl)nn1. The van der Waals surface area contributed by atoms with Gasteiger partial charge in [0.1, 0.15) is 0 Å². The molecule has 2 fully saturated rings. The van der Waals surface area contributed by atoms with E-state index in [2.05, 4.69) is 28.1 Å². The minimum absolute atomic E-state index is 0.321. The smallest absolute Gasteiger partial charge is 0.155 e. The van der Waals surface area contributed by atoms with Gasteiger partial charge in [-0.3, -0.25) is 0 Å². The number of halogens is 1. The summed E-state index contributed by atoms with van der Waals surface area (Å²) in [7, 11) is 0. The highest BCUT2D eigenvalue weighted by atomic mass is 35.5. The van der Waals surface area contributed by atoms with Crippen LogP contribution in [0.15, 0.2) is 6.07 Å². The molecule has 0 radical (unpaired) electrons. The lowest BCUT2D eigenvalue weighted by molar-refractivity contribution is 0.0852. The zero-order valence-corrected chi connectivity index (χ0v) is 12.5. The van der Waals surface area contributed by atoms with Crippen molar-refractivity contribution in [1.29, 1.82) is 0 Å². The lowest BCUT2D eigenvalue weighted by atomic mass is 9.93. The summed E-state index contributed by atoms with van der Waals surface area (Å²) in [6, 6.07) is 2.43. The van der Waals surface area contributed by atoms with Gasteiger partial charge in [0.05, 0.1) is 19.3 Å². The average molecular weight is 298 g/mol. The summed E-state index contributed by atoms with van der Waals surface area (Å²) < 4.78 is 10.9. The third-order valence-electron chi connectivity index (χ3n) is 4.09. The van der Waals surface area contributed by atoms with E-state index in [4.69, 9.17) is 21.1 Å². The van der Waals surface area contributed by atoms with E-state index in [1.807, 2.05) is 0 Å². The zero-order valence-electron chi connectivity index (χ0n) is 11.7. The maximum absolute atomic E-state index is 6.25. The topological polar surface area (TPSA) is 47.5 Å². The molecule has 1 aromatic rings. The van der Waals surface area contributed by atoms with E-state index in [0.29, 0.717) is 17.1 Å². The highest BCUT2D eigenvalue weighted by Crippen LogP contribution is 2.33. The molecule has 1 atom stereocenters. The normalized spacial score (nSPS) is 24.9. The molecule has 0 bridgehead atoms. The first-order valence-corrected chi connectivity index (χ1v) is 7.59. The summed E-state index contributed by atoms with van der Waals surface area (Å²) in [4.78, 5) is 2.25. The van der Waals surface area contributed by atoms with Gasteiger partial charge >= 0.3 is 0 Å². The molecular weight excluding hydrogens is 278 g/mol. The molecule has 2 aliphatic rings. The number of nitrogens with zero attached hydrogens (tertiary/aromatic N) is 3. The van der Waals surface area contributed by atoms with Crippen molar-refractivity contribution in [3.05, 3.63) is 16.8 Å². The van der Waals surface area contributed by atoms with Crippen LogP contribution < -0.4 is 4.90 Å². The lowest BCUT2D eigenvalue weighted by Gasteiger charge is -2.34. The van der Waals surface area contributed by atoms with Crippen LogP contribution in [0.5, 0.6) is 0 Å². The first-order chi connectivity index (χ1) is 9.75. The van der Waals surface area contributed by atoms with Crippen molar-refractivity contribution in [2.75, 3.05) is 37.9 Å². The fraction of sp³-hybridized carbons (Fsp3) is 0.714. The number of aromatic nitrogens is 2. The molecule has 20 heavy (non-hydrogen) atoms. The minimum Gasteiger partial charge on any atom is -0.381 e. The number of morpholine rings is 1. The van der Waals surface area contributed by atoms with Crippen molar-refractivity contribution in [3.63, 3.8) is 0 Å². The van der Waals surface area contributed by atoms with E-state index in [9.17, 15) is 0 Å². The van der Waals surface area contributed by atoms with Crippen LogP contribution >= 0.6 is 11.6 Å². The Bertz CT molecular complexity index is 466. The van der Waals surface area contributed by atoms with E-state index in [1.165, 1.54) is 0 Å². The monoisotopic (exact) mass is 297 g/mol. The number of hydrogen-bond donors (Lipinski definition) is 0. The van der Waals surface area contributed by atoms with Crippen LogP contribution in [0.3, 0.4) is 0 Å². The van der Waals surface area contributed by atoms with Crippen LogP contribution in [-0.4, -0.2) is 49.2 Å². The second kappa shape index (κ2) is 6.24. The van der Waals surface area contributed by atoms with Crippen molar-refractivity contribution in [2.24, 2.45) is 0 Å². The second-order valence-electron chi connectivity index (χ2n) is 5.45. The molecule has 0 saturated carbocycles. The Morgan fingerprint density at radius 2 is 2.00 bits per heavy atom. The van der Waals surface area contributed by atoms with Crippen molar-refractivity contribution >= 4 is 17.4 Å². The van der Waals surface area contributed by atoms with E-state index in [-0.39, 0.29) is 0 Å². The molecule has 2 saturated heterocycles. The molecule has 5 nitrogen and oxygen atoms in total. The van der Waals surface area contributed by atoms with Crippen molar-refractivity contribution in [2.45, 2.75) is 31.7 Å². The number of rotatable bonds is 2. The van der Waals surface area contributed by atoms with Crippen LogP contribution in [0, 0.1) is 0 Å². The number of ether oxygens (including phenoxy) is 2. The van der Waals surface area contributed by atoms with Crippen molar-refractivity contribution in [3.8, 4) is 0 Å². The summed E-state index contributed by atoms with van der Waals surface area (Å²) in [6.45, 7) is 6.06. The molecule has 0 N–H and O–H groups in total. The van der Waals surface area contributed by atoms with Gasteiger partial charge in [-0.05, 0) is 37.3 Å². The van der Waals surface area contributed by atoms with Crippen LogP contribution in [0.2, 0.25) is 5.15 Å². The predicted molar refractivity (Wildman–Crippen MR) is 77.5 cm³/mol. The fourth-order valence-corrected chi connectivity index (χ4v) is 3.13. The third kappa shape index (κ3) is 2.90. The maximum atomic E-state index is 6.25. The van der Waals surface area contributed by atoms with Gasteiger partial charge in [-0.15, -0.1) is 10.2 Å². The molecule has 2 aliphatic heterocycles. The average Bonchev–Trinajstić information content (AvgIpc) is 2.49. The van der Waals surface area contributed by atoms with Gasteiger partial charge in [-0.2, -0.15) is 0 Å². The molecule has 0 aromatic carbocycles. The largest absolute Gasteiger partial charge is 0.381 e. The van der Waals surface area contributed by atoms with Gasteiger partial charge in [0, 0.05) is 19.8 Å². The third-order valence-corrected chi connectivity index (χ3v) is 4.38. The molecule has 6 heteroatoms. The summed E-state index contributed by atoms with van der Waals surface area (Å²) in [5.74, 6) is 1.34. The van der Waals surface area contributed by atoms with Crippen molar-refractivity contribution in [1.82, 2.24) is 10.2 Å². The van der Waals surface area contributed by atoms with Gasteiger partial charge in [-0.1, -0.05) is 11.6 Å². The zero-order chi connectivity index (χ0) is 13.9. The standard InChI is InChI=1S/C14H20ClN3O2/c1-10-9-20-7-4-18(10)13-8-12(14(15)17-16-13)11-2-5-19-6-3-11/h8,10-11H,2-7,9H2,1H3/t10-/m1/s1. The first-order valence-electron chi connectivity index (χ1n) is 7.21. The number of hydrogen-bond acceptors (Lipinski definition) is 5. The van der Waals surface area contributed by atoms with Crippen LogP contribution in [0.1, 0.15) is 31.2 Å². The molecule has 3 heterocycles. The van der Waals surface area contributed by atoms with E-state index in [1.54, 1.807) is 0 Å². The van der Waals surface area contributed by atoms with E-state index in [0.717, 1.165) is 57.2 Å². The summed E-state index contributed by atoms with van der Waals surface area (Å²) in [5.41, 5.74) is 1.11. The van der Waals surface area contributed by atoms with E-state index >= 15 is 0 Å². The Kier molecular flexibility index (Phi) is 4.38. The highest BCUT2D eigenvalue weighted by molar-refractivity contribution is 6.30. The van der Waals surface area contributed by atoms with Gasteiger partial charge < -0.3 is 14.4 Å². The Labute approximate surface area is 124 Å². The van der Waals surface area contributed by atoms with Crippen LogP contribution in [-0.2, 0) is 9.47 Å². The Balaban J connectivity index is 1.85. The van der Waals surface area contributed by atoms with Gasteiger partial charge in [0.2, 0.25) is 0 Å². The Morgan fingerprint density at radius 1 is 1.20 bits per heavy atom. The molecule has 1 aromatic heterocycles. The summed E-state index contributed by atoms with van der Waals surface area (Å²) >= 11 is 6.25. The minimum atomic E-state index is 0.321.